The number of rotatable bonds is 9. The summed E-state index contributed by atoms with van der Waals surface area (Å²) in [6, 6.07) is 11.4. The maximum Gasteiger partial charge on any atom is 0.408 e. The summed E-state index contributed by atoms with van der Waals surface area (Å²) in [6.07, 6.45) is -1.12. The second-order valence-electron chi connectivity index (χ2n) is 6.17. The lowest BCUT2D eigenvalue weighted by Gasteiger charge is -2.20. The minimum atomic E-state index is -1.41. The molecule has 0 aliphatic heterocycles. The number of aliphatic hydroxyl groups is 1. The summed E-state index contributed by atoms with van der Waals surface area (Å²) >= 11 is 0. The summed E-state index contributed by atoms with van der Waals surface area (Å²) in [5, 5.41) is 23.1. The Morgan fingerprint density at radius 1 is 0.966 bits per heavy atom. The number of hydrogen-bond donors (Lipinski definition) is 4. The number of aliphatic carboxylic acids is 1. The van der Waals surface area contributed by atoms with E-state index in [0.29, 0.717) is 5.56 Å². The molecule has 2 aromatic rings. The minimum Gasteiger partial charge on any atom is -0.480 e. The predicted octanol–water partition coefficient (Wildman–Crippen LogP) is 1.22. The fraction of sp³-hybridized carbons (Fsp3) is 0.250. The van der Waals surface area contributed by atoms with E-state index < -0.39 is 42.5 Å². The van der Waals surface area contributed by atoms with Crippen LogP contribution in [0.3, 0.4) is 0 Å². The number of carboxylic acid groups (broad SMARTS) is 1. The van der Waals surface area contributed by atoms with Gasteiger partial charge in [0.15, 0.2) is 0 Å². The van der Waals surface area contributed by atoms with E-state index in [2.05, 4.69) is 10.6 Å². The second kappa shape index (κ2) is 10.8. The zero-order valence-electron chi connectivity index (χ0n) is 15.4. The topological polar surface area (TPSA) is 125 Å². The van der Waals surface area contributed by atoms with Crippen molar-refractivity contribution in [2.45, 2.75) is 25.1 Å². The molecule has 0 unspecified atom stereocenters. The lowest BCUT2D eigenvalue weighted by molar-refractivity contribution is -0.142. The van der Waals surface area contributed by atoms with Crippen LogP contribution in [0.15, 0.2) is 54.6 Å². The number of alkyl carbamates (subject to hydrolysis) is 1. The Kier molecular flexibility index (Phi) is 8.11. The van der Waals surface area contributed by atoms with E-state index in [1.54, 1.807) is 30.3 Å². The molecule has 2 rings (SSSR count). The van der Waals surface area contributed by atoms with Crippen LogP contribution in [0.2, 0.25) is 0 Å². The molecular weight excluding hydrogens is 383 g/mol. The summed E-state index contributed by atoms with van der Waals surface area (Å²) in [5.41, 5.74) is 1.10. The quantitative estimate of drug-likeness (QED) is 0.498. The Morgan fingerprint density at radius 2 is 1.66 bits per heavy atom. The van der Waals surface area contributed by atoms with Crippen molar-refractivity contribution in [1.29, 1.82) is 0 Å². The largest absolute Gasteiger partial charge is 0.480 e. The van der Waals surface area contributed by atoms with Crippen molar-refractivity contribution < 1.29 is 33.7 Å². The van der Waals surface area contributed by atoms with E-state index in [1.807, 2.05) is 0 Å². The molecule has 0 heterocycles. The average molecular weight is 404 g/mol. The van der Waals surface area contributed by atoms with Gasteiger partial charge in [0.25, 0.3) is 0 Å². The Bertz CT molecular complexity index is 846. The van der Waals surface area contributed by atoms with Crippen LogP contribution in [-0.2, 0) is 27.4 Å². The highest BCUT2D eigenvalue weighted by Crippen LogP contribution is 2.07. The van der Waals surface area contributed by atoms with Gasteiger partial charge >= 0.3 is 12.1 Å². The SMILES string of the molecule is O=C(N[C@@H](CO)C(=O)N[C@@H](Cc1cccc(F)c1)C(=O)O)OCc1ccccc1. The van der Waals surface area contributed by atoms with Gasteiger partial charge in [0.2, 0.25) is 5.91 Å². The molecule has 9 heteroatoms. The zero-order chi connectivity index (χ0) is 21.2. The number of ether oxygens (including phenoxy) is 1. The highest BCUT2D eigenvalue weighted by atomic mass is 19.1. The monoisotopic (exact) mass is 404 g/mol. The molecule has 2 aromatic carbocycles. The molecular formula is C20H21FN2O6. The molecule has 0 fully saturated rings. The molecule has 8 nitrogen and oxygen atoms in total. The molecule has 0 bridgehead atoms. The highest BCUT2D eigenvalue weighted by molar-refractivity contribution is 5.89. The van der Waals surface area contributed by atoms with Crippen molar-refractivity contribution in [3.63, 3.8) is 0 Å². The summed E-state index contributed by atoms with van der Waals surface area (Å²) in [6.45, 7) is -0.803. The van der Waals surface area contributed by atoms with E-state index in [-0.39, 0.29) is 13.0 Å². The van der Waals surface area contributed by atoms with Crippen LogP contribution in [0.5, 0.6) is 0 Å². The Morgan fingerprint density at radius 3 is 2.28 bits per heavy atom. The van der Waals surface area contributed by atoms with Crippen molar-refractivity contribution in [1.82, 2.24) is 10.6 Å². The van der Waals surface area contributed by atoms with Gasteiger partial charge in [0.1, 0.15) is 24.5 Å². The number of benzene rings is 2. The van der Waals surface area contributed by atoms with Gasteiger partial charge in [0.05, 0.1) is 6.61 Å². The van der Waals surface area contributed by atoms with E-state index >= 15 is 0 Å². The van der Waals surface area contributed by atoms with Crippen molar-refractivity contribution >= 4 is 18.0 Å². The third-order valence-electron chi connectivity index (χ3n) is 3.95. The second-order valence-corrected chi connectivity index (χ2v) is 6.17. The van der Waals surface area contributed by atoms with Crippen LogP contribution in [0.25, 0.3) is 0 Å². The Hall–Kier alpha value is -3.46. The van der Waals surface area contributed by atoms with Gasteiger partial charge in [-0.15, -0.1) is 0 Å². The Labute approximate surface area is 166 Å². The van der Waals surface area contributed by atoms with E-state index in [1.165, 1.54) is 18.2 Å². The van der Waals surface area contributed by atoms with Gasteiger partial charge < -0.3 is 25.6 Å². The predicted molar refractivity (Wildman–Crippen MR) is 100 cm³/mol. The van der Waals surface area contributed by atoms with E-state index in [4.69, 9.17) is 4.74 Å². The molecule has 0 spiro atoms. The number of halogens is 1. The van der Waals surface area contributed by atoms with E-state index in [0.717, 1.165) is 11.6 Å². The van der Waals surface area contributed by atoms with Crippen LogP contribution in [0.1, 0.15) is 11.1 Å². The van der Waals surface area contributed by atoms with Crippen molar-refractivity contribution in [2.24, 2.45) is 0 Å². The van der Waals surface area contributed by atoms with Crippen molar-refractivity contribution in [3.05, 3.63) is 71.5 Å². The maximum absolute atomic E-state index is 13.3. The van der Waals surface area contributed by atoms with E-state index in [9.17, 15) is 29.0 Å². The zero-order valence-corrected chi connectivity index (χ0v) is 15.4. The van der Waals surface area contributed by atoms with Gasteiger partial charge in [0, 0.05) is 6.42 Å². The molecule has 0 radical (unpaired) electrons. The molecule has 154 valence electrons. The first-order valence-electron chi connectivity index (χ1n) is 8.74. The first-order valence-corrected chi connectivity index (χ1v) is 8.74. The fourth-order valence-corrected chi connectivity index (χ4v) is 2.47. The lowest BCUT2D eigenvalue weighted by Crippen LogP contribution is -2.53. The lowest BCUT2D eigenvalue weighted by atomic mass is 10.1. The van der Waals surface area contributed by atoms with Crippen LogP contribution < -0.4 is 10.6 Å². The molecule has 2 amide bonds. The summed E-state index contributed by atoms with van der Waals surface area (Å²) in [5.74, 6) is -2.78. The third kappa shape index (κ3) is 7.23. The minimum absolute atomic E-state index is 0.0379. The molecule has 0 aromatic heterocycles. The molecule has 0 saturated heterocycles. The average Bonchev–Trinajstić information content (AvgIpc) is 2.70. The van der Waals surface area contributed by atoms with Gasteiger partial charge in [-0.2, -0.15) is 0 Å². The van der Waals surface area contributed by atoms with Crippen LogP contribution in [0.4, 0.5) is 9.18 Å². The highest BCUT2D eigenvalue weighted by Gasteiger charge is 2.26. The number of hydrogen-bond acceptors (Lipinski definition) is 5. The first-order chi connectivity index (χ1) is 13.9. The summed E-state index contributed by atoms with van der Waals surface area (Å²) in [7, 11) is 0. The first kappa shape index (κ1) is 21.8. The van der Waals surface area contributed by atoms with Gasteiger partial charge in [-0.25, -0.2) is 14.0 Å². The third-order valence-corrected chi connectivity index (χ3v) is 3.95. The Balaban J connectivity index is 1.92. The molecule has 4 N–H and O–H groups in total. The number of carboxylic acids is 1. The molecule has 2 atom stereocenters. The normalized spacial score (nSPS) is 12.5. The summed E-state index contributed by atoms with van der Waals surface area (Å²) < 4.78 is 18.2. The molecule has 29 heavy (non-hydrogen) atoms. The van der Waals surface area contributed by atoms with Crippen LogP contribution in [-0.4, -0.2) is 46.9 Å². The van der Waals surface area contributed by atoms with Crippen molar-refractivity contribution in [3.8, 4) is 0 Å². The molecule has 0 aliphatic rings. The molecule has 0 aliphatic carbocycles. The summed E-state index contributed by atoms with van der Waals surface area (Å²) in [4.78, 5) is 35.6. The molecule has 0 saturated carbocycles. The van der Waals surface area contributed by atoms with Crippen LogP contribution in [0, 0.1) is 5.82 Å². The van der Waals surface area contributed by atoms with Crippen molar-refractivity contribution in [2.75, 3.05) is 6.61 Å². The van der Waals surface area contributed by atoms with Crippen LogP contribution >= 0.6 is 0 Å². The number of nitrogens with one attached hydrogen (secondary N) is 2. The smallest absolute Gasteiger partial charge is 0.408 e. The standard InChI is InChI=1S/C20H21FN2O6/c21-15-8-4-7-14(9-15)10-16(19(26)27)22-18(25)17(11-24)23-20(28)29-12-13-5-2-1-3-6-13/h1-9,16-17,24H,10-12H2,(H,22,25)(H,23,28)(H,26,27)/t16-,17-/m0/s1. The number of carbonyl (C=O) groups is 3. The van der Waals surface area contributed by atoms with Gasteiger partial charge in [-0.3, -0.25) is 4.79 Å². The maximum atomic E-state index is 13.3. The fourth-order valence-electron chi connectivity index (χ4n) is 2.47. The number of amides is 2. The van der Waals surface area contributed by atoms with Gasteiger partial charge in [-0.1, -0.05) is 42.5 Å². The number of aliphatic hydroxyl groups excluding tert-OH is 1. The van der Waals surface area contributed by atoms with Gasteiger partial charge in [-0.05, 0) is 23.3 Å². The number of carbonyl (C=O) groups excluding carboxylic acids is 2.